The number of aliphatic carboxylic acids is 3. The number of carbonyl (C=O) groups is 4. The zero-order valence-corrected chi connectivity index (χ0v) is 89.4. The number of alkyl halides is 2. The number of hydrogen-bond donors (Lipinski definition) is 17. The van der Waals surface area contributed by atoms with E-state index in [1.165, 1.54) is 12.8 Å². The average molecular weight is 2130 g/mol. The van der Waals surface area contributed by atoms with Gasteiger partial charge in [-0.15, -0.1) is 0 Å². The number of rotatable bonds is 69. The number of carbonyl (C=O) groups excluding carboxylic acids is 1. The van der Waals surface area contributed by atoms with E-state index in [9.17, 15) is 53.5 Å². The highest BCUT2D eigenvalue weighted by atomic mass is 19.1. The Bertz CT molecular complexity index is 4150. The zero-order valence-electron chi connectivity index (χ0n) is 90.4. The number of aliphatic hydroxyl groups is 2. The lowest BCUT2D eigenvalue weighted by Gasteiger charge is -2.11. The molecule has 0 spiro atoms. The number of nitrogens with one attached hydrogen (secondary N) is 4. The largest absolute Gasteiger partial charge is 0.508 e. The summed E-state index contributed by atoms with van der Waals surface area (Å²) in [7, 11) is 0. The maximum Gasteiger partial charge on any atom is 0.320 e. The lowest BCUT2D eigenvalue weighted by molar-refractivity contribution is -0.143. The second-order valence-electron chi connectivity index (χ2n) is 31.3. The molecule has 860 valence electrons. The number of fused-ring (bicyclic) bond motifs is 4. The number of nitrogens with two attached hydrogens (primary N) is 4. The molecule has 149 heavy (non-hydrogen) atoms. The second-order valence-corrected chi connectivity index (χ2v) is 31.3. The van der Waals surface area contributed by atoms with E-state index in [4.69, 9.17) is 131 Å². The molecule has 0 aliphatic carbocycles. The number of aliphatic hydroxyl groups excluding tert-OH is 2. The van der Waals surface area contributed by atoms with Crippen molar-refractivity contribution >= 4 is 67.3 Å². The normalized spacial score (nSPS) is 11.3. The van der Waals surface area contributed by atoms with Crippen molar-refractivity contribution in [1.82, 2.24) is 19.9 Å². The Labute approximate surface area is 882 Å². The van der Waals surface area contributed by atoms with Crippen molar-refractivity contribution in [2.24, 2.45) is 34.0 Å². The zero-order chi connectivity index (χ0) is 111. The van der Waals surface area contributed by atoms with Crippen molar-refractivity contribution in [3.8, 4) is 23.0 Å². The number of H-pyrrole nitrogens is 4. The summed E-state index contributed by atoms with van der Waals surface area (Å²) < 4.78 is 115. The number of Topliss-reactive ketones (excluding diaryl/α,β-unsaturated/α-hetero) is 1. The molecule has 41 nitrogen and oxygen atoms in total. The predicted octanol–water partition coefficient (Wildman–Crippen LogP) is 14.8. The van der Waals surface area contributed by atoms with Gasteiger partial charge in [-0.05, 0) is 171 Å². The fourth-order valence-electron chi connectivity index (χ4n) is 11.7. The number of halogens is 2. The summed E-state index contributed by atoms with van der Waals surface area (Å²) in [6.07, 6.45) is 18.2. The van der Waals surface area contributed by atoms with Crippen LogP contribution in [-0.2, 0) is 125 Å². The minimum atomic E-state index is -1.04. The van der Waals surface area contributed by atoms with Gasteiger partial charge in [0, 0.05) is 186 Å². The lowest BCUT2D eigenvalue weighted by Crippen LogP contribution is -2.32. The first kappa shape index (κ1) is 146. The van der Waals surface area contributed by atoms with Crippen LogP contribution in [0.4, 0.5) is 8.78 Å². The van der Waals surface area contributed by atoms with E-state index in [0.717, 1.165) is 204 Å². The Morgan fingerprint density at radius 2 is 0.651 bits per heavy atom. The van der Waals surface area contributed by atoms with E-state index in [-0.39, 0.29) is 94.7 Å². The van der Waals surface area contributed by atoms with Crippen LogP contribution in [0.3, 0.4) is 0 Å². The van der Waals surface area contributed by atoms with Crippen molar-refractivity contribution < 1.29 is 156 Å². The van der Waals surface area contributed by atoms with Crippen LogP contribution in [0.2, 0.25) is 0 Å². The number of nitrogens with zero attached hydrogens (tertiary/aromatic N) is 3. The third-order valence-electron chi connectivity index (χ3n) is 18.5. The van der Waals surface area contributed by atoms with Gasteiger partial charge in [0.1, 0.15) is 48.2 Å². The van der Waals surface area contributed by atoms with Crippen LogP contribution >= 0.6 is 0 Å². The van der Waals surface area contributed by atoms with Gasteiger partial charge in [0.15, 0.2) is 0 Å². The number of carboxylic acid groups (broad SMARTS) is 3. The molecule has 9 rings (SSSR count). The first-order chi connectivity index (χ1) is 72.4. The number of phenolic OH excluding ortho intramolecular Hbond substituents is 4. The molecule has 1 aliphatic rings. The fraction of sp³-hybridized carbons (Fsp3) is 0.660. The molecule has 0 radical (unpaired) electrons. The molecule has 0 bridgehead atoms. The molecule has 4 aromatic carbocycles. The van der Waals surface area contributed by atoms with Crippen LogP contribution in [0.5, 0.6) is 23.0 Å². The van der Waals surface area contributed by atoms with Gasteiger partial charge < -0.3 is 169 Å². The number of azide groups is 1. The minimum Gasteiger partial charge on any atom is -0.508 e. The van der Waals surface area contributed by atoms with E-state index in [1.807, 2.05) is 6.92 Å². The van der Waals surface area contributed by atoms with Crippen LogP contribution < -0.4 is 22.9 Å². The summed E-state index contributed by atoms with van der Waals surface area (Å²) in [6.45, 7) is 42.1. The van der Waals surface area contributed by atoms with Gasteiger partial charge in [-0.2, -0.15) is 0 Å². The number of benzene rings is 4. The van der Waals surface area contributed by atoms with Gasteiger partial charge >= 0.3 is 17.9 Å². The Morgan fingerprint density at radius 1 is 0.396 bits per heavy atom. The van der Waals surface area contributed by atoms with E-state index >= 15 is 0 Å². The van der Waals surface area contributed by atoms with E-state index in [0.29, 0.717) is 158 Å². The first-order valence-corrected chi connectivity index (χ1v) is 51.0. The summed E-state index contributed by atoms with van der Waals surface area (Å²) in [5, 5.41) is 87.9. The Morgan fingerprint density at radius 3 is 0.893 bits per heavy atom. The molecule has 0 amide bonds. The maximum atomic E-state index is 12.6. The van der Waals surface area contributed by atoms with Crippen LogP contribution in [0.1, 0.15) is 171 Å². The molecule has 21 N–H and O–H groups in total. The van der Waals surface area contributed by atoms with Gasteiger partial charge in [0.2, 0.25) is 0 Å². The van der Waals surface area contributed by atoms with Crippen molar-refractivity contribution in [1.29, 1.82) is 0 Å². The monoisotopic (exact) mass is 2130 g/mol. The predicted molar refractivity (Wildman–Crippen MR) is 580 cm³/mol. The summed E-state index contributed by atoms with van der Waals surface area (Å²) >= 11 is 0. The van der Waals surface area contributed by atoms with Gasteiger partial charge in [0.25, 0.3) is 0 Å². The van der Waals surface area contributed by atoms with Gasteiger partial charge in [-0.3, -0.25) is 19.2 Å². The molecule has 2 atom stereocenters. The maximum absolute atomic E-state index is 12.6. The Balaban J connectivity index is -0.000000522. The average Bonchev–Trinajstić information content (AvgIpc) is 1.69. The number of phenols is 4. The summed E-state index contributed by atoms with van der Waals surface area (Å²) in [5.41, 5.74) is 35.2. The topological polar surface area (TPSA) is 623 Å². The number of aromatic amines is 4. The van der Waals surface area contributed by atoms with E-state index in [2.05, 4.69) is 78.4 Å². The fourth-order valence-corrected chi connectivity index (χ4v) is 11.7. The highest BCUT2D eigenvalue weighted by Crippen LogP contribution is 2.29. The summed E-state index contributed by atoms with van der Waals surface area (Å²) in [5.74, 6) is -3.51. The third-order valence-corrected chi connectivity index (χ3v) is 18.5. The highest BCUT2D eigenvalue weighted by Gasteiger charge is 2.25. The summed E-state index contributed by atoms with van der Waals surface area (Å²) in [4.78, 5) is 60.2. The van der Waals surface area contributed by atoms with Crippen LogP contribution in [0.15, 0.2) is 103 Å². The molecule has 0 saturated carbocycles. The smallest absolute Gasteiger partial charge is 0.320 e. The Kier molecular flexibility index (Phi) is 110. The van der Waals surface area contributed by atoms with Gasteiger partial charge in [0.05, 0.1) is 184 Å². The van der Waals surface area contributed by atoms with Gasteiger partial charge in [-0.1, -0.05) is 81.8 Å². The minimum absolute atomic E-state index is 0. The molecular weight excluding hydrogens is 1950 g/mol. The molecule has 1 saturated heterocycles. The van der Waals surface area contributed by atoms with Crippen molar-refractivity contribution in [2.75, 3.05) is 277 Å². The van der Waals surface area contributed by atoms with Crippen molar-refractivity contribution in [3.05, 3.63) is 130 Å². The first-order valence-electron chi connectivity index (χ1n) is 51.7. The number of ether oxygens (including phenoxy) is 17. The standard InChI is InChI=1S/C22H20N2O5.C11H12N2O3.C10H9NO3.2C8H18O2.C7H15FO2.C7H15N3O2.2C7H17NO2.C6H14FNO2.C6H14O4.C4H8O.C2H6.CH4/c25-15-1-3-20-18(8-15)13(10-23-20)5-12(22(28)29)6-17(27)7-14-11-24-21-4-2-16(26)9-19(14)21;12-9(11(15)16)3-6-5-13-10-2-1-7(14)4-8(6)10;12-7-1-2-9-8(4-7)6(5-11-9)3-10(13)14;2*1-3-5-9-7-8-10-6-4-2;1-2-4-9-6-7-10-5-3-8;1-2-4-11-6-7-12-5-3-9-10-8;2*1-2-4-9-6-7-10-5-3-8;2*7-1-3-9-5-6-10-4-2-8;1-2-4-5-3-1;1-2;/h1-4,8-12,23-26H,5-7H2,(H,28,29);1-2,4-5,9,13-14H,3,12H2,(H,15,16);1-2,4-5,11-12H,3H2,(H,13,14);2*3-8H2,1-2H3;2-7H2,1H3;2-7H2,1H3;2*2-8H2,1H3;1-6,8H2;7-8H,1-6H2;1-4H2;1-2H3;1H4/t12-;9-;;;;;;;;;;;;/m10............/s1/i;;;;;;;;;;;;1D;. The van der Waals surface area contributed by atoms with Gasteiger partial charge in [-0.25, -0.2) is 8.78 Å². The molecule has 4 aromatic heterocycles. The van der Waals surface area contributed by atoms with Crippen LogP contribution in [0.25, 0.3) is 54.1 Å². The molecule has 5 heterocycles. The molecule has 43 heteroatoms. The van der Waals surface area contributed by atoms with E-state index in [1.54, 1.807) is 105 Å². The quantitative estimate of drug-likeness (QED) is 0.00728. The lowest BCUT2D eigenvalue weighted by atomic mass is 9.92. The number of hydrogen-bond acceptors (Lipinski definition) is 32. The third kappa shape index (κ3) is 89.9. The molecule has 8 aromatic rings. The van der Waals surface area contributed by atoms with Crippen molar-refractivity contribution in [3.63, 3.8) is 0 Å². The number of carboxylic acids is 3. The van der Waals surface area contributed by atoms with Crippen LogP contribution in [0, 0.1) is 5.92 Å². The summed E-state index contributed by atoms with van der Waals surface area (Å²) in [6, 6.07) is 18.5. The molecule has 1 aliphatic heterocycles. The number of aromatic nitrogens is 4. The highest BCUT2D eigenvalue weighted by molar-refractivity contribution is 5.93. The van der Waals surface area contributed by atoms with Crippen LogP contribution in [-0.4, -0.2) is 373 Å². The SMILES string of the molecule is C.C1CCOC1.CCCOCCOCCC.CCCOCCOCCC.CCCOCCOCCF.CCCOCCOCCN.CCCOCCOCCN.CCCOCCOCCN=[N+]=[N-].NCCOCCOCCF.N[C@@H](Cc1c[nH]c2ccc(O)cc12)C(=O)O.O=C(Cc1c[nH]c2ccc(O)cc12)C[C@@H](Cc1c[nH]c2ccc(O)cc12)C(=O)O.O=C(O)Cc1c[nH]c2ccc(O)cc12.OCCOCCOCCO.[2H]CC. The van der Waals surface area contributed by atoms with Crippen molar-refractivity contribution in [2.45, 2.75) is 179 Å². The Hall–Kier alpha value is -9.43. The second kappa shape index (κ2) is 113. The van der Waals surface area contributed by atoms with E-state index < -0.39 is 43.2 Å². The number of aromatic hydroxyl groups is 4. The molecule has 1 fully saturated rings. The molecular formula is C106H187F2N11O30. The molecule has 0 unspecified atom stereocenters. The number of ketones is 1.